The minimum Gasteiger partial charge on any atom is -0.353 e. The molecule has 1 fully saturated rings. The van der Waals surface area contributed by atoms with Gasteiger partial charge in [-0.1, -0.05) is 0 Å². The summed E-state index contributed by atoms with van der Waals surface area (Å²) >= 11 is 0. The van der Waals surface area contributed by atoms with E-state index in [1.807, 2.05) is 6.92 Å². The fourth-order valence-corrected chi connectivity index (χ4v) is 3.74. The second kappa shape index (κ2) is 6.61. The summed E-state index contributed by atoms with van der Waals surface area (Å²) in [6.07, 6.45) is -0.921. The Morgan fingerprint density at radius 1 is 0.963 bits per heavy atom. The molecular formula is C18H19F4N5. The number of aryl methyl sites for hydroxylation is 2. The van der Waals surface area contributed by atoms with Crippen LogP contribution in [0.1, 0.15) is 29.1 Å². The number of hydrogen-bond donors (Lipinski definition) is 0. The van der Waals surface area contributed by atoms with Crippen molar-refractivity contribution in [1.29, 1.82) is 0 Å². The fraction of sp³-hybridized carbons (Fsp3) is 0.500. The first kappa shape index (κ1) is 17.9. The van der Waals surface area contributed by atoms with E-state index >= 15 is 0 Å². The number of anilines is 2. The molecule has 4 rings (SSSR count). The number of pyridine rings is 1. The fourth-order valence-electron chi connectivity index (χ4n) is 3.74. The third-order valence-electron chi connectivity index (χ3n) is 5.05. The van der Waals surface area contributed by atoms with E-state index in [-0.39, 0.29) is 5.82 Å². The summed E-state index contributed by atoms with van der Waals surface area (Å²) in [7, 11) is 0. The monoisotopic (exact) mass is 381 g/mol. The largest absolute Gasteiger partial charge is 0.417 e. The Morgan fingerprint density at radius 3 is 2.26 bits per heavy atom. The van der Waals surface area contributed by atoms with E-state index in [0.717, 1.165) is 36.6 Å². The highest BCUT2D eigenvalue weighted by atomic mass is 19.4. The summed E-state index contributed by atoms with van der Waals surface area (Å²) in [6.45, 7) is 4.01. The van der Waals surface area contributed by atoms with E-state index < -0.39 is 17.6 Å². The Bertz CT molecular complexity index is 860. The van der Waals surface area contributed by atoms with E-state index in [9.17, 15) is 17.6 Å². The van der Waals surface area contributed by atoms with Gasteiger partial charge in [0.1, 0.15) is 11.6 Å². The molecule has 144 valence electrons. The maximum absolute atomic E-state index is 14.2. The quantitative estimate of drug-likeness (QED) is 0.748. The lowest BCUT2D eigenvalue weighted by atomic mass is 10.2. The molecule has 0 aromatic carbocycles. The summed E-state index contributed by atoms with van der Waals surface area (Å²) < 4.78 is 52.2. The Kier molecular flexibility index (Phi) is 4.39. The Balaban J connectivity index is 1.50. The normalized spacial score (nSPS) is 17.4. The van der Waals surface area contributed by atoms with Crippen LogP contribution in [0.15, 0.2) is 12.3 Å². The van der Waals surface area contributed by atoms with Gasteiger partial charge in [0.25, 0.3) is 0 Å². The number of fused-ring (bicyclic) bond motifs is 1. The van der Waals surface area contributed by atoms with Crippen molar-refractivity contribution in [3.05, 3.63) is 40.7 Å². The minimum absolute atomic E-state index is 0.0354. The van der Waals surface area contributed by atoms with Crippen LogP contribution in [-0.2, 0) is 19.0 Å². The molecule has 1 saturated heterocycles. The number of aromatic nitrogens is 3. The maximum atomic E-state index is 14.2. The second-order valence-corrected chi connectivity index (χ2v) is 6.87. The van der Waals surface area contributed by atoms with Gasteiger partial charge in [0.15, 0.2) is 11.6 Å². The zero-order chi connectivity index (χ0) is 19.2. The van der Waals surface area contributed by atoms with E-state index in [1.165, 1.54) is 5.56 Å². The van der Waals surface area contributed by atoms with Crippen LogP contribution in [0.25, 0.3) is 0 Å². The number of piperazine rings is 1. The minimum atomic E-state index is -4.60. The Hall–Kier alpha value is -2.45. The maximum Gasteiger partial charge on any atom is 0.417 e. The first-order valence-electron chi connectivity index (χ1n) is 8.92. The van der Waals surface area contributed by atoms with Crippen LogP contribution in [0.2, 0.25) is 0 Å². The van der Waals surface area contributed by atoms with Crippen LogP contribution in [-0.4, -0.2) is 41.1 Å². The lowest BCUT2D eigenvalue weighted by molar-refractivity contribution is -0.138. The molecule has 1 aliphatic carbocycles. The van der Waals surface area contributed by atoms with Crippen LogP contribution in [0, 0.1) is 12.7 Å². The molecule has 2 aromatic rings. The predicted octanol–water partition coefficient (Wildman–Crippen LogP) is 3.15. The van der Waals surface area contributed by atoms with E-state index in [4.69, 9.17) is 0 Å². The molecule has 9 heteroatoms. The van der Waals surface area contributed by atoms with E-state index in [2.05, 4.69) is 19.9 Å². The molecule has 1 aliphatic heterocycles. The van der Waals surface area contributed by atoms with Crippen LogP contribution in [0.4, 0.5) is 29.2 Å². The zero-order valence-electron chi connectivity index (χ0n) is 14.9. The first-order chi connectivity index (χ1) is 12.8. The van der Waals surface area contributed by atoms with Gasteiger partial charge in [0, 0.05) is 43.6 Å². The van der Waals surface area contributed by atoms with Crippen molar-refractivity contribution in [3.8, 4) is 0 Å². The highest BCUT2D eigenvalue weighted by molar-refractivity contribution is 5.53. The molecule has 0 atom stereocenters. The molecule has 0 amide bonds. The molecule has 0 N–H and O–H groups in total. The number of halogens is 4. The zero-order valence-corrected chi connectivity index (χ0v) is 14.9. The van der Waals surface area contributed by atoms with Gasteiger partial charge in [-0.2, -0.15) is 13.2 Å². The molecule has 0 saturated carbocycles. The summed E-state index contributed by atoms with van der Waals surface area (Å²) in [5, 5.41) is 0. The van der Waals surface area contributed by atoms with Gasteiger partial charge in [-0.05, 0) is 32.3 Å². The van der Waals surface area contributed by atoms with E-state index in [1.54, 1.807) is 4.90 Å². The number of rotatable bonds is 2. The number of hydrogen-bond acceptors (Lipinski definition) is 5. The van der Waals surface area contributed by atoms with Crippen molar-refractivity contribution in [2.75, 3.05) is 36.0 Å². The van der Waals surface area contributed by atoms with Crippen molar-refractivity contribution >= 4 is 11.6 Å². The van der Waals surface area contributed by atoms with E-state index in [0.29, 0.717) is 38.4 Å². The highest BCUT2D eigenvalue weighted by Crippen LogP contribution is 2.32. The highest BCUT2D eigenvalue weighted by Gasteiger charge is 2.33. The third kappa shape index (κ3) is 3.42. The molecule has 5 nitrogen and oxygen atoms in total. The Labute approximate surface area is 154 Å². The summed E-state index contributed by atoms with van der Waals surface area (Å²) in [5.74, 6) is 0.697. The Morgan fingerprint density at radius 2 is 1.63 bits per heavy atom. The SMILES string of the molecule is Cc1nc2c(c(N3CCN(c4ncc(C(F)(F)F)cc4F)CC3)n1)CCC2. The van der Waals surface area contributed by atoms with Gasteiger partial charge < -0.3 is 9.80 Å². The van der Waals surface area contributed by atoms with Gasteiger partial charge in [-0.25, -0.2) is 19.3 Å². The third-order valence-corrected chi connectivity index (χ3v) is 5.05. The molecule has 2 aromatic heterocycles. The van der Waals surface area contributed by atoms with Crippen molar-refractivity contribution in [3.63, 3.8) is 0 Å². The standard InChI is InChI=1S/C18H19F4N5/c1-11-24-15-4-2-3-13(15)16(25-11)26-5-7-27(8-6-26)17-14(19)9-12(10-23-17)18(20,21)22/h9-10H,2-8H2,1H3. The molecule has 2 aliphatic rings. The molecule has 3 heterocycles. The van der Waals surface area contributed by atoms with Crippen LogP contribution < -0.4 is 9.80 Å². The van der Waals surface area contributed by atoms with Crippen LogP contribution >= 0.6 is 0 Å². The van der Waals surface area contributed by atoms with Crippen molar-refractivity contribution in [2.24, 2.45) is 0 Å². The van der Waals surface area contributed by atoms with Crippen molar-refractivity contribution in [1.82, 2.24) is 15.0 Å². The van der Waals surface area contributed by atoms with Crippen molar-refractivity contribution < 1.29 is 17.6 Å². The molecule has 0 bridgehead atoms. The lowest BCUT2D eigenvalue weighted by Crippen LogP contribution is -2.47. The molecule has 0 unspecified atom stereocenters. The van der Waals surface area contributed by atoms with Crippen molar-refractivity contribution in [2.45, 2.75) is 32.4 Å². The topological polar surface area (TPSA) is 45.2 Å². The average molecular weight is 381 g/mol. The number of nitrogens with zero attached hydrogens (tertiary/aromatic N) is 5. The predicted molar refractivity (Wildman–Crippen MR) is 92.4 cm³/mol. The summed E-state index contributed by atoms with van der Waals surface area (Å²) in [6, 6.07) is 0.509. The molecular weight excluding hydrogens is 362 g/mol. The van der Waals surface area contributed by atoms with Gasteiger partial charge in [0.05, 0.1) is 5.56 Å². The first-order valence-corrected chi connectivity index (χ1v) is 8.92. The second-order valence-electron chi connectivity index (χ2n) is 6.87. The lowest BCUT2D eigenvalue weighted by Gasteiger charge is -2.37. The summed E-state index contributed by atoms with van der Waals surface area (Å²) in [4.78, 5) is 16.7. The molecule has 0 radical (unpaired) electrons. The summed E-state index contributed by atoms with van der Waals surface area (Å²) in [5.41, 5.74) is 1.22. The van der Waals surface area contributed by atoms with Crippen LogP contribution in [0.5, 0.6) is 0 Å². The van der Waals surface area contributed by atoms with Gasteiger partial charge >= 0.3 is 6.18 Å². The number of alkyl halides is 3. The molecule has 27 heavy (non-hydrogen) atoms. The molecule has 0 spiro atoms. The van der Waals surface area contributed by atoms with Gasteiger partial charge in [-0.15, -0.1) is 0 Å². The van der Waals surface area contributed by atoms with Gasteiger partial charge in [-0.3, -0.25) is 0 Å². The van der Waals surface area contributed by atoms with Crippen LogP contribution in [0.3, 0.4) is 0 Å². The average Bonchev–Trinajstić information content (AvgIpc) is 3.08. The smallest absolute Gasteiger partial charge is 0.353 e. The van der Waals surface area contributed by atoms with Gasteiger partial charge in [0.2, 0.25) is 0 Å².